The third-order valence-electron chi connectivity index (χ3n) is 3.86. The molecule has 2 amide bonds. The lowest BCUT2D eigenvalue weighted by molar-refractivity contribution is -0.140. The molecule has 0 aromatic heterocycles. The summed E-state index contributed by atoms with van der Waals surface area (Å²) in [6.45, 7) is 9.70. The quantitative estimate of drug-likeness (QED) is 0.777. The third kappa shape index (κ3) is 4.09. The first-order valence-corrected chi connectivity index (χ1v) is 7.62. The van der Waals surface area contributed by atoms with E-state index in [1.54, 1.807) is 11.8 Å². The highest BCUT2D eigenvalue weighted by molar-refractivity contribution is 5.75. The summed E-state index contributed by atoms with van der Waals surface area (Å²) in [5, 5.41) is 0. The van der Waals surface area contributed by atoms with E-state index < -0.39 is 5.60 Å². The highest BCUT2D eigenvalue weighted by Gasteiger charge is 2.40. The van der Waals surface area contributed by atoms with Crippen LogP contribution in [0.5, 0.6) is 0 Å². The van der Waals surface area contributed by atoms with Gasteiger partial charge in [-0.2, -0.15) is 0 Å². The average Bonchev–Trinajstić information content (AvgIpc) is 2.31. The van der Waals surface area contributed by atoms with Crippen LogP contribution in [0.15, 0.2) is 0 Å². The van der Waals surface area contributed by atoms with Crippen molar-refractivity contribution in [2.45, 2.75) is 58.2 Å². The summed E-state index contributed by atoms with van der Waals surface area (Å²) in [5.74, 6) is 0.0794. The zero-order chi connectivity index (χ0) is 15.6. The Balaban J connectivity index is 1.88. The Kier molecular flexibility index (Phi) is 4.76. The largest absolute Gasteiger partial charge is 0.444 e. The van der Waals surface area contributed by atoms with E-state index in [1.165, 1.54) is 0 Å². The Labute approximate surface area is 126 Å². The van der Waals surface area contributed by atoms with Gasteiger partial charge in [0.1, 0.15) is 5.60 Å². The Morgan fingerprint density at radius 1 is 1.14 bits per heavy atom. The molecule has 0 aliphatic carbocycles. The number of carbonyl (C=O) groups excluding carboxylic acids is 2. The fourth-order valence-electron chi connectivity index (χ4n) is 2.88. The SMILES string of the molecule is CC(=O)N(C1CCOCC1)C1CN(C(=O)OC(C)(C)C)C1. The van der Waals surface area contributed by atoms with Gasteiger partial charge in [-0.25, -0.2) is 4.79 Å². The molecule has 2 aliphatic rings. The molecule has 0 spiro atoms. The van der Waals surface area contributed by atoms with Crippen LogP contribution in [0, 0.1) is 0 Å². The van der Waals surface area contributed by atoms with Gasteiger partial charge >= 0.3 is 6.09 Å². The van der Waals surface area contributed by atoms with Crippen molar-refractivity contribution in [3.05, 3.63) is 0 Å². The van der Waals surface area contributed by atoms with Crippen molar-refractivity contribution in [1.82, 2.24) is 9.80 Å². The maximum absolute atomic E-state index is 11.9. The highest BCUT2D eigenvalue weighted by atomic mass is 16.6. The maximum Gasteiger partial charge on any atom is 0.410 e. The van der Waals surface area contributed by atoms with Crippen LogP contribution in [0.3, 0.4) is 0 Å². The number of amides is 2. The lowest BCUT2D eigenvalue weighted by atomic mass is 10.0. The zero-order valence-corrected chi connectivity index (χ0v) is 13.4. The van der Waals surface area contributed by atoms with Gasteiger partial charge in [-0.1, -0.05) is 0 Å². The summed E-state index contributed by atoms with van der Waals surface area (Å²) in [6, 6.07) is 0.347. The molecular weight excluding hydrogens is 272 g/mol. The maximum atomic E-state index is 11.9. The molecule has 2 saturated heterocycles. The normalized spacial score (nSPS) is 20.9. The zero-order valence-electron chi connectivity index (χ0n) is 13.4. The number of rotatable bonds is 2. The van der Waals surface area contributed by atoms with Crippen molar-refractivity contribution in [1.29, 1.82) is 0 Å². The van der Waals surface area contributed by atoms with Crippen LogP contribution in [0.1, 0.15) is 40.5 Å². The first-order chi connectivity index (χ1) is 9.78. The molecular formula is C15H26N2O4. The molecule has 2 rings (SSSR count). The molecule has 2 heterocycles. The molecule has 120 valence electrons. The minimum Gasteiger partial charge on any atom is -0.444 e. The van der Waals surface area contributed by atoms with Crippen molar-refractivity contribution in [2.24, 2.45) is 0 Å². The fraction of sp³-hybridized carbons (Fsp3) is 0.867. The van der Waals surface area contributed by atoms with E-state index in [-0.39, 0.29) is 24.1 Å². The van der Waals surface area contributed by atoms with Gasteiger partial charge in [0.15, 0.2) is 0 Å². The first kappa shape index (κ1) is 16.1. The number of hydrogen-bond donors (Lipinski definition) is 0. The second-order valence-corrected chi connectivity index (χ2v) is 6.81. The molecule has 0 radical (unpaired) electrons. The van der Waals surface area contributed by atoms with E-state index in [0.29, 0.717) is 26.3 Å². The van der Waals surface area contributed by atoms with Gasteiger partial charge < -0.3 is 19.3 Å². The first-order valence-electron chi connectivity index (χ1n) is 7.62. The van der Waals surface area contributed by atoms with Crippen LogP contribution < -0.4 is 0 Å². The number of carbonyl (C=O) groups is 2. The van der Waals surface area contributed by atoms with Crippen molar-refractivity contribution >= 4 is 12.0 Å². The molecule has 21 heavy (non-hydrogen) atoms. The lowest BCUT2D eigenvalue weighted by Crippen LogP contribution is -2.65. The van der Waals surface area contributed by atoms with Gasteiger partial charge in [-0.05, 0) is 33.6 Å². The van der Waals surface area contributed by atoms with Crippen LogP contribution in [0.4, 0.5) is 4.79 Å². The predicted molar refractivity (Wildman–Crippen MR) is 78.0 cm³/mol. The third-order valence-corrected chi connectivity index (χ3v) is 3.86. The summed E-state index contributed by atoms with van der Waals surface area (Å²) >= 11 is 0. The van der Waals surface area contributed by atoms with Crippen LogP contribution >= 0.6 is 0 Å². The molecule has 0 aromatic rings. The number of ether oxygens (including phenoxy) is 2. The smallest absolute Gasteiger partial charge is 0.410 e. The van der Waals surface area contributed by atoms with Gasteiger partial charge in [-0.15, -0.1) is 0 Å². The average molecular weight is 298 g/mol. The Morgan fingerprint density at radius 3 is 2.19 bits per heavy atom. The molecule has 0 aromatic carbocycles. The molecule has 6 heteroatoms. The molecule has 0 unspecified atom stereocenters. The minimum absolute atomic E-state index is 0.0794. The Hall–Kier alpha value is -1.30. The van der Waals surface area contributed by atoms with Crippen molar-refractivity contribution in [3.63, 3.8) is 0 Å². The summed E-state index contributed by atoms with van der Waals surface area (Å²) in [7, 11) is 0. The predicted octanol–water partition coefficient (Wildman–Crippen LogP) is 1.63. The van der Waals surface area contributed by atoms with E-state index in [2.05, 4.69) is 0 Å². The fourth-order valence-corrected chi connectivity index (χ4v) is 2.88. The van der Waals surface area contributed by atoms with Gasteiger partial charge in [0, 0.05) is 39.3 Å². The Morgan fingerprint density at radius 2 is 1.71 bits per heavy atom. The van der Waals surface area contributed by atoms with Gasteiger partial charge in [0.05, 0.1) is 6.04 Å². The van der Waals surface area contributed by atoms with Crippen molar-refractivity contribution in [3.8, 4) is 0 Å². The summed E-state index contributed by atoms with van der Waals surface area (Å²) in [4.78, 5) is 27.5. The molecule has 0 N–H and O–H groups in total. The molecule has 0 saturated carbocycles. The van der Waals surface area contributed by atoms with Crippen molar-refractivity contribution in [2.75, 3.05) is 26.3 Å². The van der Waals surface area contributed by atoms with Crippen molar-refractivity contribution < 1.29 is 19.1 Å². The summed E-state index contributed by atoms with van der Waals surface area (Å²) < 4.78 is 10.7. The lowest BCUT2D eigenvalue weighted by Gasteiger charge is -2.48. The standard InChI is InChI=1S/C15H26N2O4/c1-11(18)17(12-5-7-20-8-6-12)13-9-16(10-13)14(19)21-15(2,3)4/h12-13H,5-10H2,1-4H3. The molecule has 0 bridgehead atoms. The summed E-state index contributed by atoms with van der Waals surface area (Å²) in [6.07, 6.45) is 1.46. The number of likely N-dealkylation sites (tertiary alicyclic amines) is 1. The van der Waals surface area contributed by atoms with E-state index in [0.717, 1.165) is 12.8 Å². The minimum atomic E-state index is -0.483. The monoisotopic (exact) mass is 298 g/mol. The molecule has 2 fully saturated rings. The van der Waals surface area contributed by atoms with Crippen LogP contribution in [-0.2, 0) is 14.3 Å². The number of nitrogens with zero attached hydrogens (tertiary/aromatic N) is 2. The number of hydrogen-bond acceptors (Lipinski definition) is 4. The van der Waals surface area contributed by atoms with Gasteiger partial charge in [0.2, 0.25) is 5.91 Å². The van der Waals surface area contributed by atoms with E-state index in [9.17, 15) is 9.59 Å². The van der Waals surface area contributed by atoms with E-state index in [4.69, 9.17) is 9.47 Å². The van der Waals surface area contributed by atoms with Gasteiger partial charge in [0.25, 0.3) is 0 Å². The van der Waals surface area contributed by atoms with Gasteiger partial charge in [-0.3, -0.25) is 4.79 Å². The van der Waals surface area contributed by atoms with E-state index >= 15 is 0 Å². The van der Waals surface area contributed by atoms with E-state index in [1.807, 2.05) is 25.7 Å². The van der Waals surface area contributed by atoms with Crippen LogP contribution in [0.2, 0.25) is 0 Å². The molecule has 0 atom stereocenters. The van der Waals surface area contributed by atoms with Crippen LogP contribution in [-0.4, -0.2) is 65.8 Å². The second kappa shape index (κ2) is 6.22. The molecule has 6 nitrogen and oxygen atoms in total. The molecule has 2 aliphatic heterocycles. The van der Waals surface area contributed by atoms with Crippen LogP contribution in [0.25, 0.3) is 0 Å². The summed E-state index contributed by atoms with van der Waals surface area (Å²) in [5.41, 5.74) is -0.483. The second-order valence-electron chi connectivity index (χ2n) is 6.81. The topological polar surface area (TPSA) is 59.1 Å². The highest BCUT2D eigenvalue weighted by Crippen LogP contribution is 2.24. The Bertz CT molecular complexity index is 393.